The summed E-state index contributed by atoms with van der Waals surface area (Å²) in [5.74, 6) is -0.413. The Morgan fingerprint density at radius 3 is 2.20 bits per heavy atom. The van der Waals surface area contributed by atoms with Gasteiger partial charge in [-0.15, -0.1) is 0 Å². The van der Waals surface area contributed by atoms with Crippen molar-refractivity contribution in [3.8, 4) is 0 Å². The smallest absolute Gasteiger partial charge is 0.319 e. The molecule has 0 radical (unpaired) electrons. The molecule has 4 aromatic rings. The van der Waals surface area contributed by atoms with E-state index in [0.29, 0.717) is 28.9 Å². The number of hydrogen-bond acceptors (Lipinski definition) is 5. The van der Waals surface area contributed by atoms with Gasteiger partial charge in [0.2, 0.25) is 0 Å². The van der Waals surface area contributed by atoms with Crippen molar-refractivity contribution in [1.82, 2.24) is 10.3 Å². The Morgan fingerprint density at radius 2 is 1.49 bits per heavy atom. The lowest BCUT2D eigenvalue weighted by atomic mass is 10.0. The number of pyridine rings is 1. The molecule has 0 saturated carbocycles. The van der Waals surface area contributed by atoms with Gasteiger partial charge in [-0.2, -0.15) is 0 Å². The molecule has 0 fully saturated rings. The van der Waals surface area contributed by atoms with E-state index in [0.717, 1.165) is 5.56 Å². The van der Waals surface area contributed by atoms with Gasteiger partial charge in [-0.05, 0) is 47.5 Å². The highest BCUT2D eigenvalue weighted by molar-refractivity contribution is 7.90. The number of benzene rings is 3. The van der Waals surface area contributed by atoms with Crippen molar-refractivity contribution >= 4 is 27.3 Å². The topological polar surface area (TPSA) is 105 Å². The van der Waals surface area contributed by atoms with Gasteiger partial charge in [0, 0.05) is 35.8 Å². The summed E-state index contributed by atoms with van der Waals surface area (Å²) in [4.78, 5) is 28.9. The summed E-state index contributed by atoms with van der Waals surface area (Å²) in [6.45, 7) is 0.317. The van der Waals surface area contributed by atoms with E-state index in [9.17, 15) is 18.0 Å². The first-order chi connectivity index (χ1) is 16.9. The second-order valence-corrected chi connectivity index (χ2v) is 9.84. The van der Waals surface area contributed by atoms with Gasteiger partial charge in [-0.1, -0.05) is 54.6 Å². The molecular weight excluding hydrogens is 462 g/mol. The van der Waals surface area contributed by atoms with Crippen LogP contribution in [-0.2, 0) is 22.1 Å². The molecule has 4 rings (SSSR count). The lowest BCUT2D eigenvalue weighted by Gasteiger charge is -2.10. The molecule has 0 aliphatic rings. The quantitative estimate of drug-likeness (QED) is 0.355. The van der Waals surface area contributed by atoms with Crippen molar-refractivity contribution in [2.24, 2.45) is 0 Å². The van der Waals surface area contributed by atoms with Crippen molar-refractivity contribution in [3.05, 3.63) is 126 Å². The maximum absolute atomic E-state index is 13.0. The zero-order valence-corrected chi connectivity index (χ0v) is 19.5. The summed E-state index contributed by atoms with van der Waals surface area (Å²) >= 11 is 0. The second kappa shape index (κ2) is 10.8. The standard InChI is InChI=1S/C27H23N3O4S/c31-26(22-8-2-1-3-9-22)23-10-4-6-20(16-23)19-35(33,34)25-13-11-24(12-14-25)30-27(32)29-18-21-7-5-15-28-17-21/h1-17H,18-19H2,(H2,29,30,32). The molecule has 0 saturated heterocycles. The minimum absolute atomic E-state index is 0.124. The van der Waals surface area contributed by atoms with Gasteiger partial charge in [0.05, 0.1) is 10.6 Å². The number of carbonyl (C=O) groups excluding carboxylic acids is 2. The fourth-order valence-corrected chi connectivity index (χ4v) is 4.80. The fraction of sp³-hybridized carbons (Fsp3) is 0.0741. The molecule has 0 aliphatic heterocycles. The van der Waals surface area contributed by atoms with Crippen LogP contribution in [0.25, 0.3) is 0 Å². The van der Waals surface area contributed by atoms with Gasteiger partial charge in [0.15, 0.2) is 15.6 Å². The number of nitrogens with zero attached hydrogens (tertiary/aromatic N) is 1. The van der Waals surface area contributed by atoms with Crippen LogP contribution in [0.1, 0.15) is 27.0 Å². The second-order valence-electron chi connectivity index (χ2n) is 7.85. The summed E-state index contributed by atoms with van der Waals surface area (Å²) in [6.07, 6.45) is 3.31. The third-order valence-corrected chi connectivity index (χ3v) is 6.93. The van der Waals surface area contributed by atoms with Crippen LogP contribution >= 0.6 is 0 Å². The van der Waals surface area contributed by atoms with Crippen LogP contribution in [0.3, 0.4) is 0 Å². The number of anilines is 1. The third kappa shape index (κ3) is 6.39. The third-order valence-electron chi connectivity index (χ3n) is 5.23. The largest absolute Gasteiger partial charge is 0.334 e. The zero-order valence-electron chi connectivity index (χ0n) is 18.7. The maximum Gasteiger partial charge on any atom is 0.319 e. The minimum atomic E-state index is -3.66. The van der Waals surface area contributed by atoms with E-state index in [1.54, 1.807) is 67.0 Å². The molecule has 176 valence electrons. The Morgan fingerprint density at radius 1 is 0.771 bits per heavy atom. The number of hydrogen-bond donors (Lipinski definition) is 2. The minimum Gasteiger partial charge on any atom is -0.334 e. The van der Waals surface area contributed by atoms with Crippen LogP contribution in [0.4, 0.5) is 10.5 Å². The molecule has 1 heterocycles. The Hall–Kier alpha value is -4.30. The zero-order chi connectivity index (χ0) is 24.7. The van der Waals surface area contributed by atoms with Crippen LogP contribution in [0, 0.1) is 0 Å². The van der Waals surface area contributed by atoms with Gasteiger partial charge in [-0.25, -0.2) is 13.2 Å². The predicted molar refractivity (Wildman–Crippen MR) is 134 cm³/mol. The first kappa shape index (κ1) is 23.8. The summed E-state index contributed by atoms with van der Waals surface area (Å²) in [7, 11) is -3.66. The van der Waals surface area contributed by atoms with Gasteiger partial charge in [0.1, 0.15) is 0 Å². The fourth-order valence-electron chi connectivity index (χ4n) is 3.47. The van der Waals surface area contributed by atoms with Crippen LogP contribution in [0.5, 0.6) is 0 Å². The van der Waals surface area contributed by atoms with Crippen LogP contribution < -0.4 is 10.6 Å². The number of carbonyl (C=O) groups is 2. The molecule has 3 aromatic carbocycles. The Balaban J connectivity index is 1.39. The van der Waals surface area contributed by atoms with Crippen molar-refractivity contribution in [2.45, 2.75) is 17.2 Å². The molecule has 0 unspecified atom stereocenters. The first-order valence-corrected chi connectivity index (χ1v) is 12.5. The van der Waals surface area contributed by atoms with E-state index < -0.39 is 15.9 Å². The van der Waals surface area contributed by atoms with E-state index in [4.69, 9.17) is 0 Å². The molecule has 0 spiro atoms. The SMILES string of the molecule is O=C(NCc1cccnc1)Nc1ccc(S(=O)(=O)Cc2cccc(C(=O)c3ccccc3)c2)cc1. The summed E-state index contributed by atoms with van der Waals surface area (Å²) < 4.78 is 25.9. The highest BCUT2D eigenvalue weighted by Crippen LogP contribution is 2.20. The number of amides is 2. The molecule has 0 bridgehead atoms. The number of urea groups is 1. The predicted octanol–water partition coefficient (Wildman–Crippen LogP) is 4.61. The summed E-state index contributed by atoms with van der Waals surface area (Å²) in [6, 6.07) is 24.7. The van der Waals surface area contributed by atoms with Gasteiger partial charge in [-0.3, -0.25) is 9.78 Å². The van der Waals surface area contributed by atoms with E-state index in [2.05, 4.69) is 15.6 Å². The molecule has 0 aliphatic carbocycles. The molecule has 7 nitrogen and oxygen atoms in total. The van der Waals surface area contributed by atoms with E-state index in [1.165, 1.54) is 24.3 Å². The average Bonchev–Trinajstić information content (AvgIpc) is 2.88. The molecular formula is C27H23N3O4S. The van der Waals surface area contributed by atoms with Crippen molar-refractivity contribution in [1.29, 1.82) is 0 Å². The summed E-state index contributed by atoms with van der Waals surface area (Å²) in [5, 5.41) is 5.39. The van der Waals surface area contributed by atoms with E-state index in [-0.39, 0.29) is 16.4 Å². The highest BCUT2D eigenvalue weighted by Gasteiger charge is 2.17. The summed E-state index contributed by atoms with van der Waals surface area (Å²) in [5.41, 5.74) is 2.81. The van der Waals surface area contributed by atoms with E-state index >= 15 is 0 Å². The Kier molecular flexibility index (Phi) is 7.32. The normalized spacial score (nSPS) is 11.0. The molecule has 35 heavy (non-hydrogen) atoms. The maximum atomic E-state index is 13.0. The van der Waals surface area contributed by atoms with Gasteiger partial charge < -0.3 is 10.6 Å². The highest BCUT2D eigenvalue weighted by atomic mass is 32.2. The van der Waals surface area contributed by atoms with Gasteiger partial charge in [0.25, 0.3) is 0 Å². The van der Waals surface area contributed by atoms with Crippen LogP contribution in [0.2, 0.25) is 0 Å². The lowest BCUT2D eigenvalue weighted by molar-refractivity contribution is 0.103. The van der Waals surface area contributed by atoms with Crippen molar-refractivity contribution in [3.63, 3.8) is 0 Å². The molecule has 2 N–H and O–H groups in total. The van der Waals surface area contributed by atoms with Crippen LogP contribution in [-0.4, -0.2) is 25.2 Å². The monoisotopic (exact) mass is 485 g/mol. The van der Waals surface area contributed by atoms with Crippen LogP contribution in [0.15, 0.2) is 108 Å². The lowest BCUT2D eigenvalue weighted by Crippen LogP contribution is -2.28. The number of aromatic nitrogens is 1. The first-order valence-electron chi connectivity index (χ1n) is 10.9. The molecule has 8 heteroatoms. The molecule has 0 atom stereocenters. The van der Waals surface area contributed by atoms with Crippen molar-refractivity contribution in [2.75, 3.05) is 5.32 Å². The Labute approximate surface area is 203 Å². The number of ketones is 1. The number of rotatable bonds is 8. The van der Waals surface area contributed by atoms with E-state index in [1.807, 2.05) is 12.1 Å². The number of nitrogens with one attached hydrogen (secondary N) is 2. The van der Waals surface area contributed by atoms with Gasteiger partial charge >= 0.3 is 6.03 Å². The molecule has 2 amide bonds. The average molecular weight is 486 g/mol. The molecule has 1 aromatic heterocycles. The number of sulfone groups is 1. The van der Waals surface area contributed by atoms with Crippen molar-refractivity contribution < 1.29 is 18.0 Å². The Bertz CT molecular complexity index is 1420.